The molecule has 0 radical (unpaired) electrons. The number of benzene rings is 2. The van der Waals surface area contributed by atoms with Crippen molar-refractivity contribution in [3.63, 3.8) is 0 Å². The highest BCUT2D eigenvalue weighted by molar-refractivity contribution is 7.25. The van der Waals surface area contributed by atoms with Crippen LogP contribution < -0.4 is 4.57 Å². The summed E-state index contributed by atoms with van der Waals surface area (Å²) in [6.07, 6.45) is 1.93. The zero-order valence-corrected chi connectivity index (χ0v) is 14.7. The summed E-state index contributed by atoms with van der Waals surface area (Å²) in [5.74, 6) is 0. The number of aromatic nitrogens is 2. The van der Waals surface area contributed by atoms with Gasteiger partial charge in [-0.25, -0.2) is 4.57 Å². The molecule has 0 spiro atoms. The fourth-order valence-corrected chi connectivity index (χ4v) is 4.38. The largest absolute Gasteiger partial charge is 0.288 e. The zero-order chi connectivity index (χ0) is 16.1. The lowest BCUT2D eigenvalue weighted by molar-refractivity contribution is -0.662. The Morgan fingerprint density at radius 2 is 1.83 bits per heavy atom. The van der Waals surface area contributed by atoms with Gasteiger partial charge < -0.3 is 0 Å². The highest BCUT2D eigenvalue weighted by Gasteiger charge is 2.21. The summed E-state index contributed by atoms with van der Waals surface area (Å²) in [6, 6.07) is 13.1. The number of thiophene rings is 1. The van der Waals surface area contributed by atoms with E-state index >= 15 is 0 Å². The van der Waals surface area contributed by atoms with Gasteiger partial charge in [-0.05, 0) is 49.0 Å². The molecular formula is C20H19N2S+. The average molecular weight is 319 g/mol. The molecule has 0 bridgehead atoms. The predicted molar refractivity (Wildman–Crippen MR) is 97.9 cm³/mol. The monoisotopic (exact) mass is 319 g/mol. The fourth-order valence-electron chi connectivity index (χ4n) is 3.34. The van der Waals surface area contributed by atoms with Gasteiger partial charge in [0.1, 0.15) is 5.69 Å². The first kappa shape index (κ1) is 14.3. The lowest BCUT2D eigenvalue weighted by Crippen LogP contribution is -2.31. The van der Waals surface area contributed by atoms with Gasteiger partial charge in [0, 0.05) is 15.6 Å². The van der Waals surface area contributed by atoms with Crippen LogP contribution in [0.25, 0.3) is 31.6 Å². The third kappa shape index (κ3) is 2.15. The summed E-state index contributed by atoms with van der Waals surface area (Å²) in [5, 5.41) is 2.56. The first-order valence-electron chi connectivity index (χ1n) is 7.80. The van der Waals surface area contributed by atoms with Crippen LogP contribution in [-0.2, 0) is 7.05 Å². The van der Waals surface area contributed by atoms with Crippen LogP contribution in [-0.4, -0.2) is 4.98 Å². The van der Waals surface area contributed by atoms with E-state index in [2.05, 4.69) is 73.8 Å². The Hall–Kier alpha value is -2.26. The van der Waals surface area contributed by atoms with E-state index in [0.717, 1.165) is 4.83 Å². The highest BCUT2D eigenvalue weighted by atomic mass is 32.1. The van der Waals surface area contributed by atoms with Crippen molar-refractivity contribution in [3.05, 3.63) is 59.4 Å². The number of rotatable bonds is 1. The van der Waals surface area contributed by atoms with Crippen molar-refractivity contribution in [1.82, 2.24) is 4.98 Å². The van der Waals surface area contributed by atoms with Gasteiger partial charge in [-0.2, -0.15) is 0 Å². The third-order valence-corrected chi connectivity index (χ3v) is 5.66. The number of nitrogens with zero attached hydrogens (tertiary/aromatic N) is 2. The molecule has 0 fully saturated rings. The highest BCUT2D eigenvalue weighted by Crippen LogP contribution is 2.38. The maximum Gasteiger partial charge on any atom is 0.288 e. The fraction of sp³-hybridized carbons (Fsp3) is 0.200. The number of hydrogen-bond acceptors (Lipinski definition) is 2. The van der Waals surface area contributed by atoms with Crippen molar-refractivity contribution in [2.24, 2.45) is 7.05 Å². The second-order valence-corrected chi connectivity index (χ2v) is 7.27. The van der Waals surface area contributed by atoms with Gasteiger partial charge >= 0.3 is 0 Å². The molecule has 0 atom stereocenters. The van der Waals surface area contributed by atoms with Crippen molar-refractivity contribution >= 4 is 31.6 Å². The normalized spacial score (nSPS) is 11.5. The number of hydrogen-bond donors (Lipinski definition) is 0. The van der Waals surface area contributed by atoms with Crippen LogP contribution in [0, 0.1) is 20.8 Å². The minimum absolute atomic E-state index is 1.11. The van der Waals surface area contributed by atoms with Gasteiger partial charge in [0.25, 0.3) is 6.33 Å². The van der Waals surface area contributed by atoms with E-state index in [9.17, 15) is 0 Å². The molecule has 0 saturated heterocycles. The molecule has 2 nitrogen and oxygen atoms in total. The molecule has 4 aromatic rings. The Bertz CT molecular complexity index is 1060. The van der Waals surface area contributed by atoms with E-state index in [1.807, 2.05) is 6.33 Å². The van der Waals surface area contributed by atoms with Crippen LogP contribution in [0.5, 0.6) is 0 Å². The quantitative estimate of drug-likeness (QED) is 0.458. The van der Waals surface area contributed by atoms with Gasteiger partial charge in [-0.15, -0.1) is 0 Å². The zero-order valence-electron chi connectivity index (χ0n) is 13.8. The molecular weight excluding hydrogens is 300 g/mol. The van der Waals surface area contributed by atoms with Crippen LogP contribution in [0.3, 0.4) is 0 Å². The molecule has 23 heavy (non-hydrogen) atoms. The van der Waals surface area contributed by atoms with Crippen LogP contribution in [0.4, 0.5) is 0 Å². The summed E-state index contributed by atoms with van der Waals surface area (Å²) in [7, 11) is 2.09. The van der Waals surface area contributed by atoms with Gasteiger partial charge in [-0.1, -0.05) is 41.2 Å². The summed E-state index contributed by atoms with van der Waals surface area (Å²) in [4.78, 5) is 5.77. The first-order chi connectivity index (χ1) is 11.1. The second-order valence-electron chi connectivity index (χ2n) is 6.24. The van der Waals surface area contributed by atoms with Gasteiger partial charge in [0.15, 0.2) is 0 Å². The van der Waals surface area contributed by atoms with Crippen LogP contribution in [0.1, 0.15) is 16.7 Å². The minimum atomic E-state index is 1.11. The molecule has 114 valence electrons. The summed E-state index contributed by atoms with van der Waals surface area (Å²) in [6.45, 7) is 6.57. The molecule has 0 aliphatic rings. The van der Waals surface area contributed by atoms with Gasteiger partial charge in [-0.3, -0.25) is 0 Å². The van der Waals surface area contributed by atoms with Crippen molar-refractivity contribution < 1.29 is 4.57 Å². The Morgan fingerprint density at radius 3 is 2.65 bits per heavy atom. The molecule has 0 aliphatic heterocycles. The maximum atomic E-state index is 4.66. The molecule has 2 aromatic carbocycles. The van der Waals surface area contributed by atoms with Crippen LogP contribution in [0.15, 0.2) is 42.7 Å². The molecule has 4 rings (SSSR count). The van der Waals surface area contributed by atoms with Gasteiger partial charge in [0.2, 0.25) is 4.83 Å². The smallest absolute Gasteiger partial charge is 0.232 e. The van der Waals surface area contributed by atoms with E-state index in [-0.39, 0.29) is 0 Å². The van der Waals surface area contributed by atoms with Crippen molar-refractivity contribution in [2.75, 3.05) is 0 Å². The van der Waals surface area contributed by atoms with Crippen LogP contribution >= 0.6 is 11.3 Å². The maximum absolute atomic E-state index is 4.66. The van der Waals surface area contributed by atoms with E-state index in [1.54, 1.807) is 11.3 Å². The Morgan fingerprint density at radius 1 is 1.04 bits per heavy atom. The van der Waals surface area contributed by atoms with E-state index in [1.165, 1.54) is 43.4 Å². The van der Waals surface area contributed by atoms with Gasteiger partial charge in [0.05, 0.1) is 12.4 Å². The average Bonchev–Trinajstić information content (AvgIpc) is 2.90. The van der Waals surface area contributed by atoms with Crippen molar-refractivity contribution in [2.45, 2.75) is 20.8 Å². The summed E-state index contributed by atoms with van der Waals surface area (Å²) in [5.41, 5.74) is 6.55. The topological polar surface area (TPSA) is 16.8 Å². The van der Waals surface area contributed by atoms with E-state index in [0.29, 0.717) is 0 Å². The minimum Gasteiger partial charge on any atom is -0.232 e. The lowest BCUT2D eigenvalue weighted by Gasteiger charge is -2.11. The molecule has 0 unspecified atom stereocenters. The Kier molecular flexibility index (Phi) is 3.20. The third-order valence-electron chi connectivity index (χ3n) is 4.58. The summed E-state index contributed by atoms with van der Waals surface area (Å²) >= 11 is 1.77. The van der Waals surface area contributed by atoms with Crippen LogP contribution in [0.2, 0.25) is 0 Å². The molecule has 0 N–H and O–H groups in total. The molecule has 0 saturated carbocycles. The Balaban J connectivity index is 2.21. The predicted octanol–water partition coefficient (Wildman–Crippen LogP) is 4.87. The van der Waals surface area contributed by atoms with Crippen molar-refractivity contribution in [3.8, 4) is 11.3 Å². The molecule has 0 amide bonds. The Labute approximate surface area is 140 Å². The van der Waals surface area contributed by atoms with E-state index < -0.39 is 0 Å². The molecule has 2 aromatic heterocycles. The first-order valence-corrected chi connectivity index (χ1v) is 8.62. The van der Waals surface area contributed by atoms with E-state index in [4.69, 9.17) is 0 Å². The number of fused-ring (bicyclic) bond motifs is 3. The van der Waals surface area contributed by atoms with Crippen molar-refractivity contribution in [1.29, 1.82) is 0 Å². The second kappa shape index (κ2) is 5.14. The molecule has 3 heteroatoms. The summed E-state index contributed by atoms with van der Waals surface area (Å²) < 4.78 is 3.45. The number of aryl methyl sites for hydroxylation is 3. The molecule has 0 aliphatic carbocycles. The molecule has 2 heterocycles. The standard InChI is InChI=1S/C20H19N2S/c1-12-9-13(2)14(3)16(10-12)19-18-15-7-5-6-8-17(15)23-20(18)21-11-22(19)4/h5-11H,1-4H3/q+1. The lowest BCUT2D eigenvalue weighted by atomic mass is 9.95. The SMILES string of the molecule is Cc1cc(C)c(C)c(-c2c3c(nc[n+]2C)sc2ccccc23)c1.